The summed E-state index contributed by atoms with van der Waals surface area (Å²) in [4.78, 5) is 11.7. The Morgan fingerprint density at radius 3 is 2.42 bits per heavy atom. The van der Waals surface area contributed by atoms with Crippen molar-refractivity contribution < 1.29 is 4.79 Å². The Kier molecular flexibility index (Phi) is 7.19. The number of nitrogens with one attached hydrogen (secondary N) is 2. The maximum Gasteiger partial charge on any atom is 0.234 e. The van der Waals surface area contributed by atoms with Gasteiger partial charge >= 0.3 is 0 Å². The molecule has 0 aliphatic carbocycles. The normalized spacial score (nSPS) is 12.4. The summed E-state index contributed by atoms with van der Waals surface area (Å²) in [5.74, 6) is 0.774. The Hall–Kier alpha value is -1.35. The van der Waals surface area contributed by atoms with Crippen molar-refractivity contribution in [3.8, 4) is 0 Å². The van der Waals surface area contributed by atoms with Crippen molar-refractivity contribution in [3.05, 3.63) is 35.9 Å². The van der Waals surface area contributed by atoms with Crippen LogP contribution in [0.2, 0.25) is 0 Å². The molecule has 3 nitrogen and oxygen atoms in total. The maximum atomic E-state index is 11.7. The fraction of sp³-hybridized carbons (Fsp3) is 0.562. The van der Waals surface area contributed by atoms with Gasteiger partial charge in [-0.2, -0.15) is 0 Å². The van der Waals surface area contributed by atoms with Crippen LogP contribution in [0.5, 0.6) is 0 Å². The number of amides is 1. The van der Waals surface area contributed by atoms with Crippen molar-refractivity contribution in [3.63, 3.8) is 0 Å². The Morgan fingerprint density at radius 2 is 1.79 bits per heavy atom. The minimum absolute atomic E-state index is 0.0558. The molecule has 1 atom stereocenters. The van der Waals surface area contributed by atoms with Crippen LogP contribution in [0.15, 0.2) is 30.3 Å². The van der Waals surface area contributed by atoms with Gasteiger partial charge in [-0.05, 0) is 31.2 Å². The van der Waals surface area contributed by atoms with Crippen molar-refractivity contribution >= 4 is 5.91 Å². The van der Waals surface area contributed by atoms with Gasteiger partial charge in [0.1, 0.15) is 0 Å². The van der Waals surface area contributed by atoms with E-state index in [1.807, 2.05) is 30.3 Å². The van der Waals surface area contributed by atoms with Crippen molar-refractivity contribution in [1.29, 1.82) is 0 Å². The molecule has 19 heavy (non-hydrogen) atoms. The van der Waals surface area contributed by atoms with Crippen molar-refractivity contribution in [2.45, 2.75) is 46.2 Å². The lowest BCUT2D eigenvalue weighted by Crippen LogP contribution is -2.37. The molecule has 0 bridgehead atoms. The third-order valence-corrected chi connectivity index (χ3v) is 3.12. The fourth-order valence-electron chi connectivity index (χ4n) is 1.81. The molecule has 1 amide bonds. The van der Waals surface area contributed by atoms with E-state index in [4.69, 9.17) is 0 Å². The van der Waals surface area contributed by atoms with Gasteiger partial charge < -0.3 is 10.6 Å². The molecule has 0 saturated carbocycles. The molecule has 3 heteroatoms. The van der Waals surface area contributed by atoms with Gasteiger partial charge in [0.25, 0.3) is 0 Å². The first kappa shape index (κ1) is 15.7. The molecule has 1 rings (SSSR count). The first-order chi connectivity index (χ1) is 9.08. The molecule has 106 valence electrons. The Labute approximate surface area is 116 Å². The monoisotopic (exact) mass is 262 g/mol. The summed E-state index contributed by atoms with van der Waals surface area (Å²) in [6.07, 6.45) is 2.31. The summed E-state index contributed by atoms with van der Waals surface area (Å²) < 4.78 is 0. The second-order valence-electron chi connectivity index (χ2n) is 5.52. The molecule has 1 aromatic carbocycles. The SMILES string of the molecule is CC(C)CCC(C)NCC(=O)NCc1ccccc1. The van der Waals surface area contributed by atoms with Crippen LogP contribution in [-0.2, 0) is 11.3 Å². The molecule has 0 spiro atoms. The van der Waals surface area contributed by atoms with Crippen LogP contribution in [0.3, 0.4) is 0 Å². The lowest BCUT2D eigenvalue weighted by atomic mass is 10.0. The average molecular weight is 262 g/mol. The predicted octanol–water partition coefficient (Wildman–Crippen LogP) is 2.72. The average Bonchev–Trinajstić information content (AvgIpc) is 2.41. The maximum absolute atomic E-state index is 11.7. The van der Waals surface area contributed by atoms with Gasteiger partial charge in [-0.1, -0.05) is 44.2 Å². The van der Waals surface area contributed by atoms with Gasteiger partial charge in [0, 0.05) is 12.6 Å². The van der Waals surface area contributed by atoms with Crippen molar-refractivity contribution in [1.82, 2.24) is 10.6 Å². The fourth-order valence-corrected chi connectivity index (χ4v) is 1.81. The molecule has 0 fully saturated rings. The highest BCUT2D eigenvalue weighted by Crippen LogP contribution is 2.05. The molecule has 0 saturated heterocycles. The molecular weight excluding hydrogens is 236 g/mol. The molecule has 0 radical (unpaired) electrons. The highest BCUT2D eigenvalue weighted by Gasteiger charge is 2.06. The second kappa shape index (κ2) is 8.70. The number of rotatable bonds is 8. The van der Waals surface area contributed by atoms with E-state index in [0.717, 1.165) is 17.9 Å². The van der Waals surface area contributed by atoms with Crippen molar-refractivity contribution in [2.75, 3.05) is 6.54 Å². The largest absolute Gasteiger partial charge is 0.351 e. The molecular formula is C16H26N2O. The standard InChI is InChI=1S/C16H26N2O/c1-13(2)9-10-14(3)17-12-16(19)18-11-15-7-5-4-6-8-15/h4-8,13-14,17H,9-12H2,1-3H3,(H,18,19). The molecule has 2 N–H and O–H groups in total. The zero-order chi connectivity index (χ0) is 14.1. The third-order valence-electron chi connectivity index (χ3n) is 3.12. The second-order valence-corrected chi connectivity index (χ2v) is 5.52. The summed E-state index contributed by atoms with van der Waals surface area (Å²) in [6.45, 7) is 7.57. The Morgan fingerprint density at radius 1 is 1.11 bits per heavy atom. The Balaban J connectivity index is 2.14. The zero-order valence-corrected chi connectivity index (χ0v) is 12.3. The van der Waals surface area contributed by atoms with E-state index in [1.54, 1.807) is 0 Å². The van der Waals surface area contributed by atoms with E-state index in [-0.39, 0.29) is 5.91 Å². The zero-order valence-electron chi connectivity index (χ0n) is 12.3. The van der Waals surface area contributed by atoms with Crippen LogP contribution in [0.25, 0.3) is 0 Å². The van der Waals surface area contributed by atoms with E-state index < -0.39 is 0 Å². The topological polar surface area (TPSA) is 41.1 Å². The van der Waals surface area contributed by atoms with Crippen LogP contribution >= 0.6 is 0 Å². The summed E-state index contributed by atoms with van der Waals surface area (Å²) in [7, 11) is 0. The minimum Gasteiger partial charge on any atom is -0.351 e. The molecule has 0 aliphatic rings. The first-order valence-electron chi connectivity index (χ1n) is 7.12. The number of benzene rings is 1. The lowest BCUT2D eigenvalue weighted by Gasteiger charge is -2.14. The van der Waals surface area contributed by atoms with E-state index in [1.165, 1.54) is 6.42 Å². The molecule has 1 aromatic rings. The Bertz CT molecular complexity index is 362. The van der Waals surface area contributed by atoms with Crippen LogP contribution in [0.4, 0.5) is 0 Å². The molecule has 0 heterocycles. The van der Waals surface area contributed by atoms with E-state index in [2.05, 4.69) is 31.4 Å². The van der Waals surface area contributed by atoms with Crippen LogP contribution in [0, 0.1) is 5.92 Å². The molecule has 0 aliphatic heterocycles. The van der Waals surface area contributed by atoms with Gasteiger partial charge in [0.05, 0.1) is 6.54 Å². The lowest BCUT2D eigenvalue weighted by molar-refractivity contribution is -0.120. The minimum atomic E-state index is 0.0558. The van der Waals surface area contributed by atoms with Crippen LogP contribution < -0.4 is 10.6 Å². The van der Waals surface area contributed by atoms with Gasteiger partial charge in [-0.15, -0.1) is 0 Å². The third kappa shape index (κ3) is 7.62. The van der Waals surface area contributed by atoms with E-state index >= 15 is 0 Å². The van der Waals surface area contributed by atoms with E-state index in [0.29, 0.717) is 19.1 Å². The van der Waals surface area contributed by atoms with Gasteiger partial charge in [0.2, 0.25) is 5.91 Å². The predicted molar refractivity (Wildman–Crippen MR) is 79.8 cm³/mol. The number of hydrogen-bond donors (Lipinski definition) is 2. The van der Waals surface area contributed by atoms with E-state index in [9.17, 15) is 4.79 Å². The number of hydrogen-bond acceptors (Lipinski definition) is 2. The van der Waals surface area contributed by atoms with Crippen LogP contribution in [-0.4, -0.2) is 18.5 Å². The summed E-state index contributed by atoms with van der Waals surface area (Å²) >= 11 is 0. The summed E-state index contributed by atoms with van der Waals surface area (Å²) in [5, 5.41) is 6.18. The van der Waals surface area contributed by atoms with Gasteiger partial charge in [-0.3, -0.25) is 4.79 Å². The smallest absolute Gasteiger partial charge is 0.234 e. The van der Waals surface area contributed by atoms with Crippen LogP contribution in [0.1, 0.15) is 39.2 Å². The first-order valence-corrected chi connectivity index (χ1v) is 7.12. The summed E-state index contributed by atoms with van der Waals surface area (Å²) in [5.41, 5.74) is 1.13. The quantitative estimate of drug-likeness (QED) is 0.756. The number of carbonyl (C=O) groups is 1. The molecule has 1 unspecified atom stereocenters. The summed E-state index contributed by atoms with van der Waals surface area (Å²) in [6, 6.07) is 10.4. The van der Waals surface area contributed by atoms with Gasteiger partial charge in [-0.25, -0.2) is 0 Å². The molecule has 0 aromatic heterocycles. The highest BCUT2D eigenvalue weighted by molar-refractivity contribution is 5.77. The highest BCUT2D eigenvalue weighted by atomic mass is 16.1. The van der Waals surface area contributed by atoms with Crippen molar-refractivity contribution in [2.24, 2.45) is 5.92 Å². The number of carbonyl (C=O) groups excluding carboxylic acids is 1. The van der Waals surface area contributed by atoms with Gasteiger partial charge in [0.15, 0.2) is 0 Å².